The predicted octanol–water partition coefficient (Wildman–Crippen LogP) is 1.07. The molecule has 0 aromatic heterocycles. The first-order valence-electron chi connectivity index (χ1n) is 5.51. The molecule has 10 heteroatoms. The second-order valence-electron chi connectivity index (χ2n) is 3.82. The van der Waals surface area contributed by atoms with Crippen LogP contribution < -0.4 is 4.74 Å². The number of carbonyl (C=O) groups excluding carboxylic acids is 2. The Morgan fingerprint density at radius 3 is 2.27 bits per heavy atom. The Balaban J connectivity index is 2.71. The Labute approximate surface area is 123 Å². The van der Waals surface area contributed by atoms with Crippen molar-refractivity contribution in [1.29, 1.82) is 0 Å². The van der Waals surface area contributed by atoms with E-state index in [2.05, 4.69) is 11.3 Å². The molecule has 0 N–H and O–H groups in total. The summed E-state index contributed by atoms with van der Waals surface area (Å²) in [7, 11) is -5.93. The molecule has 0 bridgehead atoms. The maximum atomic E-state index is 12.8. The van der Waals surface area contributed by atoms with Gasteiger partial charge < -0.3 is 14.0 Å². The molecule has 1 rings (SSSR count). The topological polar surface area (TPSA) is 110 Å². The highest BCUT2D eigenvalue weighted by molar-refractivity contribution is 7.86. The number of carbonyl (C=O) groups is 2. The molecule has 0 unspecified atom stereocenters. The smallest absolute Gasteiger partial charge is 0.367 e. The number of halogens is 2. The lowest BCUT2D eigenvalue weighted by Gasteiger charge is -2.19. The van der Waals surface area contributed by atoms with Crippen LogP contribution >= 0.6 is 0 Å². The number of hydrogen-bond donors (Lipinski definition) is 0. The summed E-state index contributed by atoms with van der Waals surface area (Å²) in [4.78, 5) is 22.3. The minimum Gasteiger partial charge on any atom is -0.743 e. The van der Waals surface area contributed by atoms with Gasteiger partial charge >= 0.3 is 17.2 Å². The van der Waals surface area contributed by atoms with Crippen molar-refractivity contribution >= 4 is 22.1 Å². The van der Waals surface area contributed by atoms with E-state index in [4.69, 9.17) is 4.74 Å². The zero-order valence-corrected chi connectivity index (χ0v) is 11.6. The number of esters is 2. The summed E-state index contributed by atoms with van der Waals surface area (Å²) < 4.78 is 65.1. The maximum Gasteiger partial charge on any atom is 0.367 e. The highest BCUT2D eigenvalue weighted by atomic mass is 32.2. The quantitative estimate of drug-likeness (QED) is 0.331. The van der Waals surface area contributed by atoms with Crippen molar-refractivity contribution in [1.82, 2.24) is 0 Å². The van der Waals surface area contributed by atoms with Crippen LogP contribution in [0, 0.1) is 0 Å². The Morgan fingerprint density at radius 1 is 1.27 bits per heavy atom. The average Bonchev–Trinajstić information content (AvgIpc) is 2.44. The molecule has 0 atom stereocenters. The SMILES string of the molecule is C=CC(=O)Oc1ccc(C(=O)OCC(F)(F)S(=O)(=O)[O-])cc1. The van der Waals surface area contributed by atoms with Crippen LogP contribution in [-0.4, -0.2) is 36.8 Å². The zero-order chi connectivity index (χ0) is 17.0. The fraction of sp³-hybridized carbons (Fsp3) is 0.167. The largest absolute Gasteiger partial charge is 0.743 e. The van der Waals surface area contributed by atoms with E-state index in [1.54, 1.807) is 0 Å². The van der Waals surface area contributed by atoms with Crippen LogP contribution in [0.15, 0.2) is 36.9 Å². The number of benzene rings is 1. The summed E-state index contributed by atoms with van der Waals surface area (Å²) in [5.74, 6) is -1.95. The van der Waals surface area contributed by atoms with Gasteiger partial charge in [0.15, 0.2) is 16.7 Å². The van der Waals surface area contributed by atoms with E-state index in [9.17, 15) is 31.3 Å². The molecular weight excluding hydrogens is 326 g/mol. The minimum atomic E-state index is -5.93. The van der Waals surface area contributed by atoms with Crippen molar-refractivity contribution in [3.05, 3.63) is 42.5 Å². The molecule has 0 saturated carbocycles. The van der Waals surface area contributed by atoms with Crippen LogP contribution in [0.2, 0.25) is 0 Å². The van der Waals surface area contributed by atoms with Crippen LogP contribution in [0.5, 0.6) is 5.75 Å². The van der Waals surface area contributed by atoms with E-state index in [1.165, 1.54) is 12.1 Å². The van der Waals surface area contributed by atoms with Gasteiger partial charge in [-0.05, 0) is 24.3 Å². The van der Waals surface area contributed by atoms with Gasteiger partial charge in [0.2, 0.25) is 0 Å². The molecule has 0 aliphatic rings. The fourth-order valence-electron chi connectivity index (χ4n) is 1.12. The van der Waals surface area contributed by atoms with Gasteiger partial charge in [0, 0.05) is 6.08 Å². The molecule has 0 amide bonds. The van der Waals surface area contributed by atoms with Crippen molar-refractivity contribution in [3.8, 4) is 5.75 Å². The summed E-state index contributed by atoms with van der Waals surface area (Å²) in [6.07, 6.45) is 0.910. The van der Waals surface area contributed by atoms with Gasteiger partial charge in [0.1, 0.15) is 5.75 Å². The maximum absolute atomic E-state index is 12.8. The Bertz CT molecular complexity index is 680. The summed E-state index contributed by atoms with van der Waals surface area (Å²) in [5.41, 5.74) is -0.211. The van der Waals surface area contributed by atoms with E-state index < -0.39 is 33.9 Å². The first-order chi connectivity index (χ1) is 10.1. The van der Waals surface area contributed by atoms with Gasteiger partial charge in [-0.2, -0.15) is 8.78 Å². The minimum absolute atomic E-state index is 0.0638. The van der Waals surface area contributed by atoms with Gasteiger partial charge in [-0.1, -0.05) is 6.58 Å². The van der Waals surface area contributed by atoms with E-state index in [0.29, 0.717) is 0 Å². The van der Waals surface area contributed by atoms with Gasteiger partial charge in [0.25, 0.3) is 0 Å². The monoisotopic (exact) mass is 335 g/mol. The molecule has 22 heavy (non-hydrogen) atoms. The Kier molecular flexibility index (Phi) is 5.33. The van der Waals surface area contributed by atoms with Gasteiger partial charge in [-0.25, -0.2) is 18.0 Å². The predicted molar refractivity (Wildman–Crippen MR) is 67.2 cm³/mol. The normalized spacial score (nSPS) is 11.6. The summed E-state index contributed by atoms with van der Waals surface area (Å²) >= 11 is 0. The van der Waals surface area contributed by atoms with E-state index in [1.807, 2.05) is 0 Å². The van der Waals surface area contributed by atoms with Crippen molar-refractivity contribution in [3.63, 3.8) is 0 Å². The molecule has 0 fully saturated rings. The summed E-state index contributed by atoms with van der Waals surface area (Å²) in [5, 5.41) is -4.72. The lowest BCUT2D eigenvalue weighted by atomic mass is 10.2. The highest BCUT2D eigenvalue weighted by Crippen LogP contribution is 2.21. The first kappa shape index (κ1) is 17.7. The first-order valence-corrected chi connectivity index (χ1v) is 6.92. The lowest BCUT2D eigenvalue weighted by Crippen LogP contribution is -2.34. The lowest BCUT2D eigenvalue weighted by molar-refractivity contribution is -0.128. The molecule has 1 aromatic rings. The van der Waals surface area contributed by atoms with Crippen LogP contribution in [0.25, 0.3) is 0 Å². The van der Waals surface area contributed by atoms with Crippen molar-refractivity contribution < 1.29 is 40.8 Å². The van der Waals surface area contributed by atoms with E-state index >= 15 is 0 Å². The molecular formula is C12H9F2O7S-. The second-order valence-corrected chi connectivity index (χ2v) is 5.32. The van der Waals surface area contributed by atoms with Crippen molar-refractivity contribution in [2.24, 2.45) is 0 Å². The third kappa shape index (κ3) is 4.60. The van der Waals surface area contributed by atoms with Crippen molar-refractivity contribution in [2.75, 3.05) is 6.61 Å². The fourth-order valence-corrected chi connectivity index (χ4v) is 1.33. The van der Waals surface area contributed by atoms with Gasteiger partial charge in [-0.3, -0.25) is 0 Å². The van der Waals surface area contributed by atoms with Crippen LogP contribution in [-0.2, 0) is 19.6 Å². The average molecular weight is 335 g/mol. The zero-order valence-electron chi connectivity index (χ0n) is 10.8. The summed E-state index contributed by atoms with van der Waals surface area (Å²) in [6, 6.07) is 4.55. The van der Waals surface area contributed by atoms with Gasteiger partial charge in [-0.15, -0.1) is 0 Å². The van der Waals surface area contributed by atoms with Crippen molar-refractivity contribution in [2.45, 2.75) is 5.25 Å². The molecule has 0 spiro atoms. The van der Waals surface area contributed by atoms with Crippen LogP contribution in [0.4, 0.5) is 8.78 Å². The standard InChI is InChI=1S/C12H10F2O7S/c1-2-10(15)21-9-5-3-8(4-6-9)11(16)20-7-12(13,14)22(17,18)19/h2-6H,1,7H2,(H,17,18,19)/p-1. The number of rotatable bonds is 6. The molecule has 0 aliphatic heterocycles. The molecule has 120 valence electrons. The third-order valence-electron chi connectivity index (χ3n) is 2.21. The van der Waals surface area contributed by atoms with Crippen LogP contribution in [0.1, 0.15) is 10.4 Å². The Morgan fingerprint density at radius 2 is 1.82 bits per heavy atom. The number of hydrogen-bond acceptors (Lipinski definition) is 7. The summed E-state index contributed by atoms with van der Waals surface area (Å²) in [6.45, 7) is 1.28. The molecule has 0 radical (unpaired) electrons. The second kappa shape index (κ2) is 6.62. The van der Waals surface area contributed by atoms with Crippen LogP contribution in [0.3, 0.4) is 0 Å². The van der Waals surface area contributed by atoms with Gasteiger partial charge in [0.05, 0.1) is 5.56 Å². The number of ether oxygens (including phenoxy) is 2. The third-order valence-corrected chi connectivity index (χ3v) is 3.06. The molecule has 0 saturated heterocycles. The molecule has 7 nitrogen and oxygen atoms in total. The Hall–Kier alpha value is -2.33. The highest BCUT2D eigenvalue weighted by Gasteiger charge is 2.39. The van der Waals surface area contributed by atoms with E-state index in [0.717, 1.165) is 18.2 Å². The molecule has 0 aliphatic carbocycles. The van der Waals surface area contributed by atoms with E-state index in [-0.39, 0.29) is 11.3 Å². The molecule has 1 aromatic carbocycles. The molecule has 0 heterocycles. The number of alkyl halides is 2.